The first-order valence-electron chi connectivity index (χ1n) is 6.53. The van der Waals surface area contributed by atoms with Gasteiger partial charge in [0.25, 0.3) is 5.91 Å². The van der Waals surface area contributed by atoms with Crippen molar-refractivity contribution in [2.45, 2.75) is 0 Å². The van der Waals surface area contributed by atoms with E-state index in [4.69, 9.17) is 4.74 Å². The molecule has 3 aromatic heterocycles. The van der Waals surface area contributed by atoms with Crippen LogP contribution in [0.3, 0.4) is 0 Å². The number of pyridine rings is 2. The lowest BCUT2D eigenvalue weighted by molar-refractivity contribution is 0.102. The summed E-state index contributed by atoms with van der Waals surface area (Å²) in [5, 5.41) is 2.46. The fraction of sp³-hybridized carbons (Fsp3) is 0. The third-order valence-corrected chi connectivity index (χ3v) is 2.69. The molecule has 114 valence electrons. The summed E-state index contributed by atoms with van der Waals surface area (Å²) in [6.07, 6.45) is 5.78. The molecule has 0 spiro atoms. The molecule has 0 saturated heterocycles. The topological polar surface area (TPSA) is 89.9 Å². The fourth-order valence-electron chi connectivity index (χ4n) is 1.73. The van der Waals surface area contributed by atoms with Gasteiger partial charge in [0.1, 0.15) is 23.6 Å². The van der Waals surface area contributed by atoms with E-state index in [1.54, 1.807) is 6.07 Å². The number of hydrogen-bond donors (Lipinski definition) is 1. The van der Waals surface area contributed by atoms with Gasteiger partial charge in [-0.05, 0) is 18.2 Å². The van der Waals surface area contributed by atoms with Crippen molar-refractivity contribution in [3.8, 4) is 11.5 Å². The molecule has 0 unspecified atom stereocenters. The minimum absolute atomic E-state index is 0.0968. The molecule has 0 aromatic carbocycles. The Hall–Kier alpha value is -3.42. The van der Waals surface area contributed by atoms with E-state index in [0.29, 0.717) is 11.5 Å². The van der Waals surface area contributed by atoms with Gasteiger partial charge in [0.15, 0.2) is 5.75 Å². The van der Waals surface area contributed by atoms with Gasteiger partial charge >= 0.3 is 0 Å². The Morgan fingerprint density at radius 1 is 1.13 bits per heavy atom. The molecule has 7 nitrogen and oxygen atoms in total. The normalized spacial score (nSPS) is 10.1. The Kier molecular flexibility index (Phi) is 4.14. The van der Waals surface area contributed by atoms with Crippen LogP contribution in [0.1, 0.15) is 10.5 Å². The highest BCUT2D eigenvalue weighted by atomic mass is 19.1. The zero-order valence-electron chi connectivity index (χ0n) is 11.7. The average Bonchev–Trinajstić information content (AvgIpc) is 2.56. The second-order valence-electron chi connectivity index (χ2n) is 4.35. The third kappa shape index (κ3) is 3.82. The number of ether oxygens (including phenoxy) is 1. The van der Waals surface area contributed by atoms with Crippen LogP contribution < -0.4 is 10.1 Å². The van der Waals surface area contributed by atoms with Gasteiger partial charge in [0.05, 0.1) is 12.4 Å². The van der Waals surface area contributed by atoms with Crippen LogP contribution >= 0.6 is 0 Å². The van der Waals surface area contributed by atoms with Crippen LogP contribution in [0.5, 0.6) is 11.5 Å². The van der Waals surface area contributed by atoms with E-state index in [0.717, 1.165) is 0 Å². The van der Waals surface area contributed by atoms with E-state index >= 15 is 0 Å². The van der Waals surface area contributed by atoms with Gasteiger partial charge in [-0.25, -0.2) is 15.0 Å². The van der Waals surface area contributed by atoms with Crippen LogP contribution in [0.25, 0.3) is 0 Å². The van der Waals surface area contributed by atoms with Crippen molar-refractivity contribution in [2.75, 3.05) is 5.32 Å². The lowest BCUT2D eigenvalue weighted by atomic mass is 10.3. The molecule has 0 fully saturated rings. The second-order valence-corrected chi connectivity index (χ2v) is 4.35. The van der Waals surface area contributed by atoms with Crippen molar-refractivity contribution in [1.29, 1.82) is 0 Å². The van der Waals surface area contributed by atoms with Crippen molar-refractivity contribution in [3.63, 3.8) is 0 Å². The van der Waals surface area contributed by atoms with Crippen LogP contribution in [0.15, 0.2) is 55.2 Å². The van der Waals surface area contributed by atoms with Gasteiger partial charge < -0.3 is 10.1 Å². The number of nitrogens with one attached hydrogen (secondary N) is 1. The summed E-state index contributed by atoms with van der Waals surface area (Å²) in [5.74, 6) is -0.293. The molecule has 0 saturated carbocycles. The molecular weight excluding hydrogens is 301 g/mol. The molecule has 3 heterocycles. The molecule has 8 heteroatoms. The lowest BCUT2D eigenvalue weighted by Gasteiger charge is -2.07. The number of carbonyl (C=O) groups excluding carboxylic acids is 1. The number of nitrogens with zero attached hydrogens (tertiary/aromatic N) is 4. The summed E-state index contributed by atoms with van der Waals surface area (Å²) in [6, 6.07) is 7.14. The molecule has 0 bridgehead atoms. The molecule has 3 aromatic rings. The maximum Gasteiger partial charge on any atom is 0.275 e. The summed E-state index contributed by atoms with van der Waals surface area (Å²) in [6.45, 7) is 0. The SMILES string of the molecule is O=C(Nc1cccc(F)n1)c1cc(Oc2cncnc2)ccn1. The molecule has 0 aliphatic heterocycles. The predicted octanol–water partition coefficient (Wildman–Crippen LogP) is 2.45. The van der Waals surface area contributed by atoms with Gasteiger partial charge in [0, 0.05) is 12.3 Å². The van der Waals surface area contributed by atoms with E-state index < -0.39 is 11.9 Å². The van der Waals surface area contributed by atoms with Crippen molar-refractivity contribution in [3.05, 3.63) is 66.9 Å². The minimum Gasteiger partial charge on any atom is -0.454 e. The van der Waals surface area contributed by atoms with Crippen molar-refractivity contribution in [2.24, 2.45) is 0 Å². The summed E-state index contributed by atoms with van der Waals surface area (Å²) in [4.78, 5) is 27.3. The second kappa shape index (κ2) is 6.56. The van der Waals surface area contributed by atoms with Gasteiger partial charge in [-0.1, -0.05) is 6.07 Å². The third-order valence-electron chi connectivity index (χ3n) is 2.69. The largest absolute Gasteiger partial charge is 0.454 e. The summed E-state index contributed by atoms with van der Waals surface area (Å²) in [7, 11) is 0. The minimum atomic E-state index is -0.683. The number of rotatable bonds is 4. The number of hydrogen-bond acceptors (Lipinski definition) is 6. The maximum absolute atomic E-state index is 13.0. The Bertz CT molecular complexity index is 829. The van der Waals surface area contributed by atoms with Crippen LogP contribution in [-0.2, 0) is 0 Å². The van der Waals surface area contributed by atoms with Crippen LogP contribution in [-0.4, -0.2) is 25.8 Å². The monoisotopic (exact) mass is 311 g/mol. The van der Waals surface area contributed by atoms with E-state index in [2.05, 4.69) is 25.3 Å². The first-order valence-corrected chi connectivity index (χ1v) is 6.53. The van der Waals surface area contributed by atoms with Crippen LogP contribution in [0.4, 0.5) is 10.2 Å². The fourth-order valence-corrected chi connectivity index (χ4v) is 1.73. The van der Waals surface area contributed by atoms with E-state index in [9.17, 15) is 9.18 Å². The Labute approximate surface area is 130 Å². The van der Waals surface area contributed by atoms with Crippen molar-refractivity contribution >= 4 is 11.7 Å². The van der Waals surface area contributed by atoms with Crippen molar-refractivity contribution in [1.82, 2.24) is 19.9 Å². The number of aromatic nitrogens is 4. The van der Waals surface area contributed by atoms with Gasteiger partial charge in [0.2, 0.25) is 5.95 Å². The highest BCUT2D eigenvalue weighted by Gasteiger charge is 2.10. The summed E-state index contributed by atoms with van der Waals surface area (Å²) >= 11 is 0. The van der Waals surface area contributed by atoms with Crippen LogP contribution in [0.2, 0.25) is 0 Å². The number of anilines is 1. The summed E-state index contributed by atoms with van der Waals surface area (Å²) < 4.78 is 18.5. The lowest BCUT2D eigenvalue weighted by Crippen LogP contribution is -2.14. The van der Waals surface area contributed by atoms with Gasteiger partial charge in [-0.2, -0.15) is 4.39 Å². The highest BCUT2D eigenvalue weighted by molar-refractivity contribution is 6.02. The quantitative estimate of drug-likeness (QED) is 0.744. The van der Waals surface area contributed by atoms with E-state index in [1.165, 1.54) is 49.2 Å². The Balaban J connectivity index is 1.75. The first kappa shape index (κ1) is 14.5. The van der Waals surface area contributed by atoms with Crippen LogP contribution in [0, 0.1) is 5.95 Å². The molecule has 3 rings (SSSR count). The van der Waals surface area contributed by atoms with Crippen molar-refractivity contribution < 1.29 is 13.9 Å². The van der Waals surface area contributed by atoms with Gasteiger partial charge in [-0.15, -0.1) is 0 Å². The number of amides is 1. The predicted molar refractivity (Wildman–Crippen MR) is 78.5 cm³/mol. The summed E-state index contributed by atoms with van der Waals surface area (Å²) in [5.41, 5.74) is 0.102. The van der Waals surface area contributed by atoms with Gasteiger partial charge in [-0.3, -0.25) is 9.78 Å². The maximum atomic E-state index is 13.0. The van der Waals surface area contributed by atoms with E-state index in [-0.39, 0.29) is 11.5 Å². The molecular formula is C15H10FN5O2. The zero-order chi connectivity index (χ0) is 16.1. The smallest absolute Gasteiger partial charge is 0.275 e. The molecule has 0 radical (unpaired) electrons. The highest BCUT2D eigenvalue weighted by Crippen LogP contribution is 2.19. The number of halogens is 1. The standard InChI is InChI=1S/C15H10FN5O2/c16-13-2-1-3-14(20-13)21-15(22)12-6-10(4-5-19-12)23-11-7-17-9-18-8-11/h1-9H,(H,20,21,22). The zero-order valence-corrected chi connectivity index (χ0v) is 11.7. The molecule has 0 aliphatic rings. The molecule has 1 N–H and O–H groups in total. The van der Waals surface area contributed by atoms with E-state index in [1.807, 2.05) is 0 Å². The molecule has 1 amide bonds. The average molecular weight is 311 g/mol. The molecule has 0 aliphatic carbocycles. The molecule has 23 heavy (non-hydrogen) atoms. The molecule has 0 atom stereocenters. The Morgan fingerprint density at radius 3 is 2.74 bits per heavy atom. The first-order chi connectivity index (χ1) is 11.2. The number of carbonyl (C=O) groups is 1. The Morgan fingerprint density at radius 2 is 1.96 bits per heavy atom.